The average molecular weight is 249 g/mol. The van der Waals surface area contributed by atoms with Crippen LogP contribution in [0.2, 0.25) is 0 Å². The Balaban J connectivity index is 1.93. The highest BCUT2D eigenvalue weighted by Gasteiger charge is 2.17. The van der Waals surface area contributed by atoms with Crippen LogP contribution in [0.1, 0.15) is 48.0 Å². The molecule has 0 atom stereocenters. The smallest absolute Gasteiger partial charge is 0.254 e. The standard InChI is InChI=1S/C15H20FNO/c1-11-6-5-9-13(14(11)16)15(18)17-10-12-7-3-2-4-8-12/h5-6,9,12H,2-4,7-8,10H2,1H3,(H,17,18). The van der Waals surface area contributed by atoms with Crippen molar-refractivity contribution >= 4 is 5.91 Å². The first-order valence-corrected chi connectivity index (χ1v) is 6.72. The number of rotatable bonds is 3. The fourth-order valence-corrected chi connectivity index (χ4v) is 2.55. The Bertz CT molecular complexity index is 425. The van der Waals surface area contributed by atoms with Gasteiger partial charge in [0, 0.05) is 6.54 Å². The zero-order valence-electron chi connectivity index (χ0n) is 10.8. The highest BCUT2D eigenvalue weighted by Crippen LogP contribution is 2.23. The lowest BCUT2D eigenvalue weighted by Crippen LogP contribution is -2.30. The van der Waals surface area contributed by atoms with Gasteiger partial charge in [-0.25, -0.2) is 4.39 Å². The molecule has 98 valence electrons. The maximum Gasteiger partial charge on any atom is 0.254 e. The molecule has 0 aliphatic heterocycles. The lowest BCUT2D eigenvalue weighted by Gasteiger charge is -2.21. The fraction of sp³-hybridized carbons (Fsp3) is 0.533. The molecule has 2 nitrogen and oxygen atoms in total. The van der Waals surface area contributed by atoms with Gasteiger partial charge in [0.15, 0.2) is 0 Å². The van der Waals surface area contributed by atoms with Gasteiger partial charge in [-0.1, -0.05) is 31.4 Å². The van der Waals surface area contributed by atoms with Crippen molar-refractivity contribution in [2.24, 2.45) is 5.92 Å². The van der Waals surface area contributed by atoms with E-state index in [4.69, 9.17) is 0 Å². The van der Waals surface area contributed by atoms with E-state index in [0.717, 1.165) is 0 Å². The van der Waals surface area contributed by atoms with Gasteiger partial charge >= 0.3 is 0 Å². The second-order valence-corrected chi connectivity index (χ2v) is 5.15. The van der Waals surface area contributed by atoms with E-state index in [9.17, 15) is 9.18 Å². The summed E-state index contributed by atoms with van der Waals surface area (Å²) >= 11 is 0. The third kappa shape index (κ3) is 3.09. The molecule has 0 saturated heterocycles. The molecule has 1 aliphatic rings. The molecule has 1 N–H and O–H groups in total. The van der Waals surface area contributed by atoms with Gasteiger partial charge in [-0.2, -0.15) is 0 Å². The monoisotopic (exact) mass is 249 g/mol. The molecule has 1 aromatic carbocycles. The van der Waals surface area contributed by atoms with Gasteiger partial charge in [0.05, 0.1) is 5.56 Å². The molecule has 18 heavy (non-hydrogen) atoms. The summed E-state index contributed by atoms with van der Waals surface area (Å²) in [5, 5.41) is 2.86. The molecule has 1 saturated carbocycles. The summed E-state index contributed by atoms with van der Waals surface area (Å²) in [6.07, 6.45) is 6.16. The predicted molar refractivity (Wildman–Crippen MR) is 70.0 cm³/mol. The van der Waals surface area contributed by atoms with Crippen LogP contribution in [0.15, 0.2) is 18.2 Å². The normalized spacial score (nSPS) is 16.6. The Hall–Kier alpha value is -1.38. The summed E-state index contributed by atoms with van der Waals surface area (Å²) in [4.78, 5) is 11.9. The van der Waals surface area contributed by atoms with E-state index in [2.05, 4.69) is 5.32 Å². The minimum Gasteiger partial charge on any atom is -0.352 e. The Morgan fingerprint density at radius 1 is 1.33 bits per heavy atom. The second-order valence-electron chi connectivity index (χ2n) is 5.15. The topological polar surface area (TPSA) is 29.1 Å². The number of aryl methyl sites for hydroxylation is 1. The van der Waals surface area contributed by atoms with E-state index in [1.165, 1.54) is 32.1 Å². The molecular formula is C15H20FNO. The van der Waals surface area contributed by atoms with Crippen LogP contribution in [0.4, 0.5) is 4.39 Å². The second kappa shape index (κ2) is 5.98. The van der Waals surface area contributed by atoms with Crippen LogP contribution in [0.5, 0.6) is 0 Å². The molecule has 0 heterocycles. The zero-order chi connectivity index (χ0) is 13.0. The lowest BCUT2D eigenvalue weighted by molar-refractivity contribution is 0.0939. The van der Waals surface area contributed by atoms with E-state index in [0.29, 0.717) is 18.0 Å². The van der Waals surface area contributed by atoms with Crippen LogP contribution < -0.4 is 5.32 Å². The van der Waals surface area contributed by atoms with E-state index < -0.39 is 5.82 Å². The molecule has 0 aromatic heterocycles. The maximum absolute atomic E-state index is 13.8. The highest BCUT2D eigenvalue weighted by atomic mass is 19.1. The van der Waals surface area contributed by atoms with Gasteiger partial charge in [0.25, 0.3) is 5.91 Å². The van der Waals surface area contributed by atoms with E-state index >= 15 is 0 Å². The van der Waals surface area contributed by atoms with Gasteiger partial charge in [0.2, 0.25) is 0 Å². The van der Waals surface area contributed by atoms with Crippen LogP contribution in [0.25, 0.3) is 0 Å². The van der Waals surface area contributed by atoms with Crippen molar-refractivity contribution in [2.45, 2.75) is 39.0 Å². The number of hydrogen-bond donors (Lipinski definition) is 1. The van der Waals surface area contributed by atoms with Crippen molar-refractivity contribution in [1.29, 1.82) is 0 Å². The van der Waals surface area contributed by atoms with Crippen molar-refractivity contribution in [3.05, 3.63) is 35.1 Å². The number of amides is 1. The molecule has 2 rings (SSSR count). The molecule has 0 radical (unpaired) electrons. The van der Waals surface area contributed by atoms with Crippen molar-refractivity contribution in [3.63, 3.8) is 0 Å². The minimum atomic E-state index is -0.404. The third-order valence-electron chi connectivity index (χ3n) is 3.71. The van der Waals surface area contributed by atoms with Crippen LogP contribution >= 0.6 is 0 Å². The Morgan fingerprint density at radius 2 is 2.06 bits per heavy atom. The quantitative estimate of drug-likeness (QED) is 0.873. The van der Waals surface area contributed by atoms with Crippen LogP contribution in [0, 0.1) is 18.7 Å². The Kier molecular flexibility index (Phi) is 4.34. The van der Waals surface area contributed by atoms with Gasteiger partial charge in [-0.15, -0.1) is 0 Å². The molecule has 0 spiro atoms. The summed E-state index contributed by atoms with van der Waals surface area (Å²) in [6, 6.07) is 4.93. The van der Waals surface area contributed by atoms with Crippen LogP contribution in [0.3, 0.4) is 0 Å². The first-order valence-electron chi connectivity index (χ1n) is 6.72. The van der Waals surface area contributed by atoms with Crippen molar-refractivity contribution in [3.8, 4) is 0 Å². The molecule has 1 fully saturated rings. The van der Waals surface area contributed by atoms with E-state index in [-0.39, 0.29) is 11.5 Å². The lowest BCUT2D eigenvalue weighted by atomic mass is 9.89. The Labute approximate surface area is 108 Å². The summed E-state index contributed by atoms with van der Waals surface area (Å²) in [5.41, 5.74) is 0.672. The SMILES string of the molecule is Cc1cccc(C(=O)NCC2CCCCC2)c1F. The first-order chi connectivity index (χ1) is 8.68. The van der Waals surface area contributed by atoms with Crippen molar-refractivity contribution in [2.75, 3.05) is 6.54 Å². The largest absolute Gasteiger partial charge is 0.352 e. The van der Waals surface area contributed by atoms with E-state index in [1.54, 1.807) is 25.1 Å². The van der Waals surface area contributed by atoms with Gasteiger partial charge in [-0.05, 0) is 37.3 Å². The summed E-state index contributed by atoms with van der Waals surface area (Å²) < 4.78 is 13.8. The van der Waals surface area contributed by atoms with Crippen LogP contribution in [-0.2, 0) is 0 Å². The number of benzene rings is 1. The van der Waals surface area contributed by atoms with Gasteiger partial charge in [-0.3, -0.25) is 4.79 Å². The van der Waals surface area contributed by atoms with Crippen molar-refractivity contribution in [1.82, 2.24) is 5.32 Å². The highest BCUT2D eigenvalue weighted by molar-refractivity contribution is 5.94. The van der Waals surface area contributed by atoms with Gasteiger partial charge < -0.3 is 5.32 Å². The fourth-order valence-electron chi connectivity index (χ4n) is 2.55. The maximum atomic E-state index is 13.8. The zero-order valence-corrected chi connectivity index (χ0v) is 10.8. The summed E-state index contributed by atoms with van der Waals surface area (Å²) in [5.74, 6) is -0.129. The van der Waals surface area contributed by atoms with Crippen LogP contribution in [-0.4, -0.2) is 12.5 Å². The number of halogens is 1. The minimum absolute atomic E-state index is 0.158. The summed E-state index contributed by atoms with van der Waals surface area (Å²) in [6.45, 7) is 2.35. The Morgan fingerprint density at radius 3 is 2.78 bits per heavy atom. The molecule has 0 bridgehead atoms. The molecular weight excluding hydrogens is 229 g/mol. The number of carbonyl (C=O) groups excluding carboxylic acids is 1. The van der Waals surface area contributed by atoms with Crippen molar-refractivity contribution < 1.29 is 9.18 Å². The molecule has 3 heteroatoms. The number of hydrogen-bond acceptors (Lipinski definition) is 1. The van der Waals surface area contributed by atoms with Gasteiger partial charge in [0.1, 0.15) is 5.82 Å². The summed E-state index contributed by atoms with van der Waals surface area (Å²) in [7, 11) is 0. The molecule has 1 aromatic rings. The third-order valence-corrected chi connectivity index (χ3v) is 3.71. The number of nitrogens with one attached hydrogen (secondary N) is 1. The molecule has 0 unspecified atom stereocenters. The molecule has 1 aliphatic carbocycles. The van der Waals surface area contributed by atoms with E-state index in [1.807, 2.05) is 0 Å². The molecule has 1 amide bonds. The predicted octanol–water partition coefficient (Wildman–Crippen LogP) is 3.44. The average Bonchev–Trinajstić information content (AvgIpc) is 2.40. The first kappa shape index (κ1) is 13.1. The number of carbonyl (C=O) groups is 1.